The van der Waals surface area contributed by atoms with Crippen LogP contribution in [0.25, 0.3) is 0 Å². The quantitative estimate of drug-likeness (QED) is 0.275. The molecule has 0 N–H and O–H groups in total. The van der Waals surface area contributed by atoms with Crippen molar-refractivity contribution >= 4 is 25.8 Å². The fourth-order valence-corrected chi connectivity index (χ4v) is 0. The molecule has 0 aromatic carbocycles. The first-order valence-corrected chi connectivity index (χ1v) is 9.72. The van der Waals surface area contributed by atoms with Gasteiger partial charge in [0, 0.05) is 0 Å². The molecule has 72 valence electrons. The summed E-state index contributed by atoms with van der Waals surface area (Å²) in [5.74, 6) is 0. The van der Waals surface area contributed by atoms with Crippen LogP contribution in [-0.2, 0) is 75.9 Å². The predicted octanol–water partition coefficient (Wildman–Crippen LogP) is -4.67. The van der Waals surface area contributed by atoms with Gasteiger partial charge in [0.15, 0.2) is 0 Å². The molecule has 0 aliphatic carbocycles. The van der Waals surface area contributed by atoms with Crippen molar-refractivity contribution in [2.75, 3.05) is 0 Å². The predicted molar refractivity (Wildman–Crippen MR) is 9.87 cm³/mol. The Balaban J connectivity index is -0.0000000450. The Morgan fingerprint density at radius 2 is 0.538 bits per heavy atom. The molecule has 0 aliphatic rings. The first-order chi connectivity index (χ1) is 5.20. The molecular weight excluding hydrogens is 538 g/mol. The summed E-state index contributed by atoms with van der Waals surface area (Å²) in [7, 11) is 0. The van der Waals surface area contributed by atoms with Crippen LogP contribution in [-0.4, -0.2) is 25.8 Å². The maximum atomic E-state index is 8.60. The summed E-state index contributed by atoms with van der Waals surface area (Å²) in [5, 5.41) is 0. The molecule has 0 spiro atoms. The second kappa shape index (κ2) is 19.4. The van der Waals surface area contributed by atoms with E-state index in [1.54, 1.807) is 0 Å². The third-order valence-electron chi connectivity index (χ3n) is 0. The van der Waals surface area contributed by atoms with Crippen LogP contribution in [0.15, 0.2) is 0 Å². The van der Waals surface area contributed by atoms with E-state index >= 15 is 0 Å². The Morgan fingerprint density at radius 1 is 0.538 bits per heavy atom. The van der Waals surface area contributed by atoms with Crippen molar-refractivity contribution in [3.05, 3.63) is 0 Å². The van der Waals surface area contributed by atoms with Gasteiger partial charge in [-0.2, -0.15) is 0 Å². The molecule has 0 fully saturated rings. The van der Waals surface area contributed by atoms with E-state index in [0.717, 1.165) is 0 Å². The van der Waals surface area contributed by atoms with Gasteiger partial charge in [-0.15, -0.1) is 0 Å². The van der Waals surface area contributed by atoms with E-state index in [1.807, 2.05) is 0 Å². The molecule has 0 aliphatic heterocycles. The molecule has 0 unspecified atom stereocenters. The van der Waals surface area contributed by atoms with Gasteiger partial charge in [0.25, 0.3) is 0 Å². The first kappa shape index (κ1) is 24.1. The molecule has 0 saturated heterocycles. The van der Waals surface area contributed by atoms with Gasteiger partial charge in [0.2, 0.25) is 0 Å². The van der Waals surface area contributed by atoms with Crippen LogP contribution in [0.1, 0.15) is 0 Å². The van der Waals surface area contributed by atoms with Crippen LogP contribution in [0.2, 0.25) is 0 Å². The molecular formula is InNb3O9. The van der Waals surface area contributed by atoms with Crippen LogP contribution in [0.3, 0.4) is 0 Å². The molecule has 13 heteroatoms. The van der Waals surface area contributed by atoms with Gasteiger partial charge in [0.05, 0.1) is 0 Å². The van der Waals surface area contributed by atoms with Crippen molar-refractivity contribution in [3.63, 3.8) is 0 Å². The SMILES string of the molecule is [In+3].[O]=[Nb](=[O])[O-].[O]=[Nb](=[O])[O-].[O]=[Nb](=[O])[O-]. The molecule has 0 atom stereocenters. The average molecular weight is 538 g/mol. The average Bonchev–Trinajstić information content (AvgIpc) is 1.54. The summed E-state index contributed by atoms with van der Waals surface area (Å²) in [6.07, 6.45) is 0. The Kier molecular flexibility index (Phi) is 36.0. The summed E-state index contributed by atoms with van der Waals surface area (Å²) in [4.78, 5) is 0. The second-order valence-electron chi connectivity index (χ2n) is 0.671. The molecule has 0 bridgehead atoms. The van der Waals surface area contributed by atoms with Crippen LogP contribution >= 0.6 is 0 Å². The molecule has 9 nitrogen and oxygen atoms in total. The van der Waals surface area contributed by atoms with Crippen LogP contribution in [0, 0.1) is 0 Å². The third kappa shape index (κ3) is 608. The van der Waals surface area contributed by atoms with Gasteiger partial charge in [-0.3, -0.25) is 0 Å². The van der Waals surface area contributed by atoms with E-state index in [1.165, 1.54) is 0 Å². The van der Waals surface area contributed by atoms with Gasteiger partial charge in [-0.1, -0.05) is 0 Å². The third-order valence-corrected chi connectivity index (χ3v) is 0. The van der Waals surface area contributed by atoms with E-state index in [4.69, 9.17) is 30.3 Å². The van der Waals surface area contributed by atoms with Crippen molar-refractivity contribution < 1.29 is 86.7 Å². The molecule has 0 rings (SSSR count). The Labute approximate surface area is 111 Å². The molecule has 0 saturated carbocycles. The second-order valence-corrected chi connectivity index (χ2v) is 3.97. The fourth-order valence-electron chi connectivity index (χ4n) is 0. The number of hydrogen-bond acceptors (Lipinski definition) is 9. The molecule has 0 amide bonds. The van der Waals surface area contributed by atoms with Crippen LogP contribution in [0.4, 0.5) is 0 Å². The van der Waals surface area contributed by atoms with E-state index in [9.17, 15) is 0 Å². The summed E-state index contributed by atoms with van der Waals surface area (Å²) in [6.45, 7) is 0. The van der Waals surface area contributed by atoms with Crippen LogP contribution in [0.5, 0.6) is 0 Å². The van der Waals surface area contributed by atoms with Crippen molar-refractivity contribution in [1.29, 1.82) is 0 Å². The van der Waals surface area contributed by atoms with Crippen molar-refractivity contribution in [2.24, 2.45) is 0 Å². The molecule has 13 heavy (non-hydrogen) atoms. The van der Waals surface area contributed by atoms with E-state index < -0.39 is 56.4 Å². The fraction of sp³-hybridized carbons (Fsp3) is 0. The van der Waals surface area contributed by atoms with Gasteiger partial charge < -0.3 is 0 Å². The molecule has 0 aromatic heterocycles. The monoisotopic (exact) mass is 538 g/mol. The van der Waals surface area contributed by atoms with Crippen molar-refractivity contribution in [1.82, 2.24) is 0 Å². The minimum absolute atomic E-state index is 0. The normalized spacial score (nSPS) is 5.77. The number of rotatable bonds is 0. The summed E-state index contributed by atoms with van der Waals surface area (Å²) >= 11 is -12.6. The Bertz CT molecular complexity index is 208. The molecule has 0 radical (unpaired) electrons. The Morgan fingerprint density at radius 3 is 0.538 bits per heavy atom. The minimum atomic E-state index is -4.20. The molecule has 0 heterocycles. The Hall–Kier alpha value is 1.77. The van der Waals surface area contributed by atoms with Gasteiger partial charge in [-0.25, -0.2) is 0 Å². The van der Waals surface area contributed by atoms with E-state index in [0.29, 0.717) is 0 Å². The summed E-state index contributed by atoms with van der Waals surface area (Å²) < 4.78 is 77.4. The topological polar surface area (TPSA) is 172 Å². The van der Waals surface area contributed by atoms with E-state index in [-0.39, 0.29) is 25.8 Å². The zero-order valence-electron chi connectivity index (χ0n) is 5.59. The standard InChI is InChI=1S/In.3Nb.9O/q+3;;;;;;;;;;3*-1. The zero-order chi connectivity index (χ0) is 10.7. The van der Waals surface area contributed by atoms with Crippen LogP contribution < -0.4 is 10.8 Å². The van der Waals surface area contributed by atoms with Crippen molar-refractivity contribution in [3.8, 4) is 0 Å². The molecule has 0 aromatic rings. The van der Waals surface area contributed by atoms with Gasteiger partial charge in [0.1, 0.15) is 0 Å². The van der Waals surface area contributed by atoms with Gasteiger partial charge in [-0.05, 0) is 0 Å². The number of hydrogen-bond donors (Lipinski definition) is 0. The van der Waals surface area contributed by atoms with E-state index in [2.05, 4.69) is 0 Å². The zero-order valence-corrected chi connectivity index (χ0v) is 15.5. The maximum absolute atomic E-state index is 8.60. The summed E-state index contributed by atoms with van der Waals surface area (Å²) in [6, 6.07) is 0. The summed E-state index contributed by atoms with van der Waals surface area (Å²) in [5.41, 5.74) is 0. The van der Waals surface area contributed by atoms with Gasteiger partial charge >= 0.3 is 113 Å². The van der Waals surface area contributed by atoms with Crippen molar-refractivity contribution in [2.45, 2.75) is 0 Å². The first-order valence-electron chi connectivity index (χ1n) is 1.64.